The Morgan fingerprint density at radius 2 is 2.24 bits per heavy atom. The van der Waals surface area contributed by atoms with Crippen molar-refractivity contribution in [2.75, 3.05) is 20.7 Å². The average molecular weight is 311 g/mol. The summed E-state index contributed by atoms with van der Waals surface area (Å²) >= 11 is 6.14. The summed E-state index contributed by atoms with van der Waals surface area (Å²) in [6, 6.07) is 5.79. The summed E-state index contributed by atoms with van der Waals surface area (Å²) in [6.07, 6.45) is 4.92. The minimum atomic E-state index is 0.102. The number of likely N-dealkylation sites (N-methyl/N-ethyl adjacent to an activating group) is 1. The van der Waals surface area contributed by atoms with E-state index in [1.54, 1.807) is 7.11 Å². The van der Waals surface area contributed by atoms with Gasteiger partial charge in [-0.1, -0.05) is 31.4 Å². The van der Waals surface area contributed by atoms with Crippen LogP contribution in [0.25, 0.3) is 0 Å². The Morgan fingerprint density at radius 3 is 2.86 bits per heavy atom. The summed E-state index contributed by atoms with van der Waals surface area (Å²) in [4.78, 5) is 2.40. The SMILES string of the molecule is COc1ccc(Cl)cc1CN(C)C1(CN)CCCC(C)C1. The lowest BCUT2D eigenvalue weighted by Crippen LogP contribution is -2.54. The molecule has 2 atom stereocenters. The zero-order valence-electron chi connectivity index (χ0n) is 13.4. The largest absolute Gasteiger partial charge is 0.496 e. The fourth-order valence-electron chi connectivity index (χ4n) is 3.61. The van der Waals surface area contributed by atoms with Gasteiger partial charge in [0.1, 0.15) is 5.75 Å². The van der Waals surface area contributed by atoms with Gasteiger partial charge in [0.15, 0.2) is 0 Å². The first-order chi connectivity index (χ1) is 10.0. The summed E-state index contributed by atoms with van der Waals surface area (Å²) in [5, 5.41) is 0.748. The van der Waals surface area contributed by atoms with Crippen LogP contribution in [-0.4, -0.2) is 31.1 Å². The molecule has 1 aliphatic carbocycles. The number of nitrogens with two attached hydrogens (primary N) is 1. The van der Waals surface area contributed by atoms with Crippen LogP contribution >= 0.6 is 11.6 Å². The summed E-state index contributed by atoms with van der Waals surface area (Å²) in [6.45, 7) is 3.85. The van der Waals surface area contributed by atoms with E-state index in [0.717, 1.165) is 28.8 Å². The van der Waals surface area contributed by atoms with Crippen LogP contribution in [-0.2, 0) is 6.54 Å². The van der Waals surface area contributed by atoms with Crippen LogP contribution in [0.4, 0.5) is 0 Å². The number of nitrogens with zero attached hydrogens (tertiary/aromatic N) is 1. The number of benzene rings is 1. The number of hydrogen-bond donors (Lipinski definition) is 1. The minimum absolute atomic E-state index is 0.102. The fourth-order valence-corrected chi connectivity index (χ4v) is 3.81. The van der Waals surface area contributed by atoms with Gasteiger partial charge in [0, 0.05) is 29.2 Å². The van der Waals surface area contributed by atoms with Crippen LogP contribution in [0, 0.1) is 5.92 Å². The molecule has 0 saturated heterocycles. The Morgan fingerprint density at radius 1 is 1.48 bits per heavy atom. The van der Waals surface area contributed by atoms with Crippen molar-refractivity contribution < 1.29 is 4.74 Å². The Labute approximate surface area is 133 Å². The van der Waals surface area contributed by atoms with E-state index in [1.165, 1.54) is 25.7 Å². The second-order valence-electron chi connectivity index (χ2n) is 6.44. The predicted molar refractivity (Wildman–Crippen MR) is 88.9 cm³/mol. The van der Waals surface area contributed by atoms with E-state index in [4.69, 9.17) is 22.1 Å². The molecule has 21 heavy (non-hydrogen) atoms. The zero-order valence-corrected chi connectivity index (χ0v) is 14.1. The van der Waals surface area contributed by atoms with Crippen LogP contribution in [0.5, 0.6) is 5.75 Å². The first kappa shape index (κ1) is 16.6. The molecule has 0 aliphatic heterocycles. The molecular formula is C17H27ClN2O. The van der Waals surface area contributed by atoms with E-state index in [2.05, 4.69) is 18.9 Å². The number of ether oxygens (including phenoxy) is 1. The molecule has 1 aliphatic rings. The topological polar surface area (TPSA) is 38.5 Å². The maximum atomic E-state index is 6.16. The monoisotopic (exact) mass is 310 g/mol. The van der Waals surface area contributed by atoms with Crippen molar-refractivity contribution in [3.8, 4) is 5.75 Å². The Balaban J connectivity index is 2.19. The van der Waals surface area contributed by atoms with Crippen LogP contribution < -0.4 is 10.5 Å². The smallest absolute Gasteiger partial charge is 0.123 e. The van der Waals surface area contributed by atoms with Gasteiger partial charge in [0.25, 0.3) is 0 Å². The lowest BCUT2D eigenvalue weighted by molar-refractivity contribution is 0.0549. The van der Waals surface area contributed by atoms with Crippen molar-refractivity contribution in [1.29, 1.82) is 0 Å². The van der Waals surface area contributed by atoms with Crippen LogP contribution in [0.2, 0.25) is 5.02 Å². The van der Waals surface area contributed by atoms with E-state index in [-0.39, 0.29) is 5.54 Å². The Hall–Kier alpha value is -0.770. The van der Waals surface area contributed by atoms with Crippen LogP contribution in [0.3, 0.4) is 0 Å². The minimum Gasteiger partial charge on any atom is -0.496 e. The molecule has 4 heteroatoms. The molecule has 2 N–H and O–H groups in total. The van der Waals surface area contributed by atoms with Gasteiger partial charge in [-0.15, -0.1) is 0 Å². The third-order valence-electron chi connectivity index (χ3n) is 4.91. The second-order valence-corrected chi connectivity index (χ2v) is 6.88. The molecule has 1 aromatic carbocycles. The maximum absolute atomic E-state index is 6.16. The van der Waals surface area contributed by atoms with Gasteiger partial charge in [0.05, 0.1) is 7.11 Å². The quantitative estimate of drug-likeness (QED) is 0.901. The van der Waals surface area contributed by atoms with Gasteiger partial charge in [0.2, 0.25) is 0 Å². The van der Waals surface area contributed by atoms with Gasteiger partial charge in [-0.3, -0.25) is 4.90 Å². The Bertz CT molecular complexity index is 480. The summed E-state index contributed by atoms with van der Waals surface area (Å²) in [5.41, 5.74) is 7.38. The van der Waals surface area contributed by atoms with Crippen molar-refractivity contribution in [1.82, 2.24) is 4.90 Å². The van der Waals surface area contributed by atoms with Gasteiger partial charge in [-0.25, -0.2) is 0 Å². The van der Waals surface area contributed by atoms with Gasteiger partial charge in [-0.2, -0.15) is 0 Å². The number of rotatable bonds is 5. The summed E-state index contributed by atoms with van der Waals surface area (Å²) in [7, 11) is 3.87. The molecule has 1 saturated carbocycles. The third kappa shape index (κ3) is 3.71. The average Bonchev–Trinajstić information content (AvgIpc) is 2.47. The van der Waals surface area contributed by atoms with Crippen molar-refractivity contribution in [2.24, 2.45) is 11.7 Å². The molecule has 0 aromatic heterocycles. The highest BCUT2D eigenvalue weighted by Crippen LogP contribution is 2.37. The van der Waals surface area contributed by atoms with E-state index in [1.807, 2.05) is 18.2 Å². The molecule has 2 rings (SSSR count). The van der Waals surface area contributed by atoms with Crippen LogP contribution in [0.1, 0.15) is 38.2 Å². The highest BCUT2D eigenvalue weighted by atomic mass is 35.5. The van der Waals surface area contributed by atoms with E-state index < -0.39 is 0 Å². The van der Waals surface area contributed by atoms with Gasteiger partial charge >= 0.3 is 0 Å². The molecule has 0 radical (unpaired) electrons. The highest BCUT2D eigenvalue weighted by Gasteiger charge is 2.37. The predicted octanol–water partition coefficient (Wildman–Crippen LogP) is 3.69. The molecule has 2 unspecified atom stereocenters. The van der Waals surface area contributed by atoms with Crippen molar-refractivity contribution >= 4 is 11.6 Å². The molecule has 1 fully saturated rings. The highest BCUT2D eigenvalue weighted by molar-refractivity contribution is 6.30. The lowest BCUT2D eigenvalue weighted by atomic mass is 9.75. The Kier molecular flexibility index (Phi) is 5.53. The molecule has 118 valence electrons. The van der Waals surface area contributed by atoms with E-state index in [9.17, 15) is 0 Å². The van der Waals surface area contributed by atoms with Crippen LogP contribution in [0.15, 0.2) is 18.2 Å². The fraction of sp³-hybridized carbons (Fsp3) is 0.647. The zero-order chi connectivity index (χ0) is 15.5. The molecule has 3 nitrogen and oxygen atoms in total. The molecule has 0 amide bonds. The molecule has 0 bridgehead atoms. The number of hydrogen-bond acceptors (Lipinski definition) is 3. The first-order valence-electron chi connectivity index (χ1n) is 7.74. The van der Waals surface area contributed by atoms with Crippen molar-refractivity contribution in [2.45, 2.75) is 44.7 Å². The van der Waals surface area contributed by atoms with Gasteiger partial charge < -0.3 is 10.5 Å². The van der Waals surface area contributed by atoms with Gasteiger partial charge in [-0.05, 0) is 44.0 Å². The molecule has 0 spiro atoms. The first-order valence-corrected chi connectivity index (χ1v) is 8.12. The molecule has 0 heterocycles. The van der Waals surface area contributed by atoms with Crippen molar-refractivity contribution in [3.63, 3.8) is 0 Å². The third-order valence-corrected chi connectivity index (χ3v) is 5.14. The standard InChI is InChI=1S/C17H27ClN2O/c1-13-5-4-8-17(10-13,12-19)20(2)11-14-9-15(18)6-7-16(14)21-3/h6-7,9,13H,4-5,8,10-12,19H2,1-3H3. The number of methoxy groups -OCH3 is 1. The molecular weight excluding hydrogens is 284 g/mol. The van der Waals surface area contributed by atoms with E-state index in [0.29, 0.717) is 6.54 Å². The van der Waals surface area contributed by atoms with Crippen molar-refractivity contribution in [3.05, 3.63) is 28.8 Å². The second kappa shape index (κ2) is 6.99. The summed E-state index contributed by atoms with van der Waals surface area (Å²) < 4.78 is 5.46. The van der Waals surface area contributed by atoms with E-state index >= 15 is 0 Å². The normalized spacial score (nSPS) is 26.1. The maximum Gasteiger partial charge on any atom is 0.123 e. The summed E-state index contributed by atoms with van der Waals surface area (Å²) in [5.74, 6) is 1.63. The number of halogens is 1. The lowest BCUT2D eigenvalue weighted by Gasteiger charge is -2.46. The molecule has 1 aromatic rings.